The van der Waals surface area contributed by atoms with Crippen LogP contribution in [0, 0.1) is 5.82 Å². The molecule has 1 aromatic carbocycles. The first kappa shape index (κ1) is 8.99. The quantitative estimate of drug-likeness (QED) is 0.662. The smallest absolute Gasteiger partial charge is 0.124 e. The molecular formula is C9H10FNOS. The van der Waals surface area contributed by atoms with Crippen molar-refractivity contribution in [1.29, 1.82) is 0 Å². The highest BCUT2D eigenvalue weighted by Gasteiger charge is 2.25. The van der Waals surface area contributed by atoms with E-state index in [1.165, 1.54) is 23.9 Å². The van der Waals surface area contributed by atoms with E-state index in [0.717, 1.165) is 10.5 Å². The van der Waals surface area contributed by atoms with Crippen LogP contribution in [0.4, 0.5) is 4.39 Å². The molecule has 0 amide bonds. The van der Waals surface area contributed by atoms with Crippen LogP contribution in [0.15, 0.2) is 23.1 Å². The number of hydrogen-bond acceptors (Lipinski definition) is 3. The van der Waals surface area contributed by atoms with E-state index in [1.807, 2.05) is 0 Å². The summed E-state index contributed by atoms with van der Waals surface area (Å²) in [7, 11) is 0. The zero-order chi connectivity index (χ0) is 9.42. The molecule has 0 spiro atoms. The monoisotopic (exact) mass is 199 g/mol. The van der Waals surface area contributed by atoms with Gasteiger partial charge in [0, 0.05) is 10.6 Å². The number of benzene rings is 1. The van der Waals surface area contributed by atoms with Crippen LogP contribution in [-0.4, -0.2) is 17.0 Å². The highest BCUT2D eigenvalue weighted by molar-refractivity contribution is 7.99. The fraction of sp³-hybridized carbons (Fsp3) is 0.333. The molecule has 2 atom stereocenters. The zero-order valence-corrected chi connectivity index (χ0v) is 7.72. The minimum Gasteiger partial charge on any atom is -0.390 e. The third-order valence-electron chi connectivity index (χ3n) is 2.16. The van der Waals surface area contributed by atoms with Gasteiger partial charge in [-0.05, 0) is 17.7 Å². The molecule has 1 heterocycles. The van der Waals surface area contributed by atoms with Crippen LogP contribution < -0.4 is 5.73 Å². The molecule has 2 nitrogen and oxygen atoms in total. The maximum absolute atomic E-state index is 12.8. The summed E-state index contributed by atoms with van der Waals surface area (Å²) in [5.74, 6) is 0.285. The van der Waals surface area contributed by atoms with Gasteiger partial charge in [0.2, 0.25) is 0 Å². The second kappa shape index (κ2) is 3.29. The third-order valence-corrected chi connectivity index (χ3v) is 3.33. The average molecular weight is 199 g/mol. The highest BCUT2D eigenvalue weighted by Crippen LogP contribution is 2.35. The van der Waals surface area contributed by atoms with E-state index < -0.39 is 6.10 Å². The number of thioether (sulfide) groups is 1. The van der Waals surface area contributed by atoms with Gasteiger partial charge in [0.25, 0.3) is 0 Å². The number of fused-ring (bicyclic) bond motifs is 1. The Balaban J connectivity index is 2.44. The van der Waals surface area contributed by atoms with Crippen molar-refractivity contribution in [3.63, 3.8) is 0 Å². The van der Waals surface area contributed by atoms with Crippen molar-refractivity contribution in [2.45, 2.75) is 17.0 Å². The zero-order valence-electron chi connectivity index (χ0n) is 6.90. The summed E-state index contributed by atoms with van der Waals surface area (Å²) in [5, 5.41) is 9.45. The van der Waals surface area contributed by atoms with Crippen LogP contribution in [0.5, 0.6) is 0 Å². The number of rotatable bonds is 0. The third kappa shape index (κ3) is 1.57. The molecule has 70 valence electrons. The van der Waals surface area contributed by atoms with E-state index in [1.54, 1.807) is 6.07 Å². The van der Waals surface area contributed by atoms with Crippen LogP contribution in [0.1, 0.15) is 11.6 Å². The molecule has 13 heavy (non-hydrogen) atoms. The van der Waals surface area contributed by atoms with Crippen molar-refractivity contribution in [2.24, 2.45) is 5.73 Å². The van der Waals surface area contributed by atoms with Gasteiger partial charge in [0.15, 0.2) is 0 Å². The lowest BCUT2D eigenvalue weighted by atomic mass is 10.0. The summed E-state index contributed by atoms with van der Waals surface area (Å²) >= 11 is 1.44. The number of halogens is 1. The van der Waals surface area contributed by atoms with Gasteiger partial charge < -0.3 is 10.8 Å². The lowest BCUT2D eigenvalue weighted by Gasteiger charge is -2.26. The molecule has 4 heteroatoms. The van der Waals surface area contributed by atoms with E-state index in [2.05, 4.69) is 0 Å². The van der Waals surface area contributed by atoms with Crippen LogP contribution in [0.3, 0.4) is 0 Å². The van der Waals surface area contributed by atoms with Gasteiger partial charge in [-0.2, -0.15) is 0 Å². The van der Waals surface area contributed by atoms with E-state index >= 15 is 0 Å². The predicted molar refractivity (Wildman–Crippen MR) is 50.1 cm³/mol. The van der Waals surface area contributed by atoms with E-state index in [9.17, 15) is 9.50 Å². The first-order valence-electron chi connectivity index (χ1n) is 4.04. The summed E-state index contributed by atoms with van der Waals surface area (Å²) in [5.41, 5.74) is 6.59. The Morgan fingerprint density at radius 3 is 3.08 bits per heavy atom. The molecule has 0 fully saturated rings. The molecule has 0 bridgehead atoms. The molecule has 2 unspecified atom stereocenters. The largest absolute Gasteiger partial charge is 0.390 e. The van der Waals surface area contributed by atoms with Gasteiger partial charge in [-0.1, -0.05) is 6.07 Å². The Labute approximate surface area is 79.9 Å². The molecule has 1 aromatic rings. The second-order valence-corrected chi connectivity index (χ2v) is 4.15. The van der Waals surface area contributed by atoms with Crippen molar-refractivity contribution in [1.82, 2.24) is 0 Å². The van der Waals surface area contributed by atoms with Crippen molar-refractivity contribution in [3.8, 4) is 0 Å². The summed E-state index contributed by atoms with van der Waals surface area (Å²) < 4.78 is 12.8. The minimum atomic E-state index is -0.525. The van der Waals surface area contributed by atoms with Crippen LogP contribution >= 0.6 is 11.8 Å². The van der Waals surface area contributed by atoms with Crippen molar-refractivity contribution < 1.29 is 9.50 Å². The first-order chi connectivity index (χ1) is 6.18. The first-order valence-corrected chi connectivity index (χ1v) is 5.03. The van der Waals surface area contributed by atoms with Gasteiger partial charge in [-0.25, -0.2) is 4.39 Å². The number of hydrogen-bond donors (Lipinski definition) is 2. The molecule has 0 radical (unpaired) electrons. The van der Waals surface area contributed by atoms with Gasteiger partial charge in [0.05, 0.1) is 12.1 Å². The standard InChI is InChI=1S/C9H10FNOS/c10-5-1-2-6-8(3-5)13-4-7(12)9(6)11/h1-3,7,9,12H,4,11H2. The average Bonchev–Trinajstić information content (AvgIpc) is 2.12. The Morgan fingerprint density at radius 1 is 1.54 bits per heavy atom. The Morgan fingerprint density at radius 2 is 2.31 bits per heavy atom. The fourth-order valence-corrected chi connectivity index (χ4v) is 2.52. The van der Waals surface area contributed by atoms with Gasteiger partial charge in [0.1, 0.15) is 5.82 Å². The summed E-state index contributed by atoms with van der Waals surface area (Å²) in [6.07, 6.45) is -0.525. The molecule has 0 saturated carbocycles. The predicted octanol–water partition coefficient (Wildman–Crippen LogP) is 1.29. The maximum atomic E-state index is 12.8. The molecule has 0 aliphatic carbocycles. The lowest BCUT2D eigenvalue weighted by Crippen LogP contribution is -2.31. The summed E-state index contributed by atoms with van der Waals surface area (Å²) in [6.45, 7) is 0. The number of aliphatic hydroxyl groups excluding tert-OH is 1. The molecule has 0 aromatic heterocycles. The summed E-state index contributed by atoms with van der Waals surface area (Å²) in [4.78, 5) is 0.845. The Kier molecular flexibility index (Phi) is 2.27. The second-order valence-electron chi connectivity index (χ2n) is 3.09. The fourth-order valence-electron chi connectivity index (χ4n) is 1.39. The molecule has 3 N–H and O–H groups in total. The number of aliphatic hydroxyl groups is 1. The van der Waals surface area contributed by atoms with Crippen molar-refractivity contribution in [2.75, 3.05) is 5.75 Å². The van der Waals surface area contributed by atoms with Crippen LogP contribution in [0.2, 0.25) is 0 Å². The highest BCUT2D eigenvalue weighted by atomic mass is 32.2. The van der Waals surface area contributed by atoms with E-state index in [4.69, 9.17) is 5.73 Å². The van der Waals surface area contributed by atoms with Crippen LogP contribution in [0.25, 0.3) is 0 Å². The van der Waals surface area contributed by atoms with Gasteiger partial charge in [-0.15, -0.1) is 11.8 Å². The Bertz CT molecular complexity index is 331. The Hall–Kier alpha value is -0.580. The molecule has 0 saturated heterocycles. The van der Waals surface area contributed by atoms with Crippen LogP contribution in [-0.2, 0) is 0 Å². The normalized spacial score (nSPS) is 27.0. The number of nitrogens with two attached hydrogens (primary N) is 1. The van der Waals surface area contributed by atoms with Gasteiger partial charge in [-0.3, -0.25) is 0 Å². The maximum Gasteiger partial charge on any atom is 0.124 e. The molecular weight excluding hydrogens is 189 g/mol. The van der Waals surface area contributed by atoms with Crippen molar-refractivity contribution >= 4 is 11.8 Å². The topological polar surface area (TPSA) is 46.2 Å². The van der Waals surface area contributed by atoms with Crippen molar-refractivity contribution in [3.05, 3.63) is 29.6 Å². The SMILES string of the molecule is NC1c2ccc(F)cc2SCC1O. The van der Waals surface area contributed by atoms with E-state index in [0.29, 0.717) is 5.75 Å². The summed E-state index contributed by atoms with van der Waals surface area (Å²) in [6, 6.07) is 4.10. The van der Waals surface area contributed by atoms with E-state index in [-0.39, 0.29) is 11.9 Å². The molecule has 1 aliphatic rings. The minimum absolute atomic E-state index is 0.255. The van der Waals surface area contributed by atoms with Gasteiger partial charge >= 0.3 is 0 Å². The molecule has 1 aliphatic heterocycles. The molecule has 2 rings (SSSR count). The lowest BCUT2D eigenvalue weighted by molar-refractivity contribution is 0.165.